The fourth-order valence-electron chi connectivity index (χ4n) is 9.03. The van der Waals surface area contributed by atoms with Crippen LogP contribution in [0.5, 0.6) is 0 Å². The van der Waals surface area contributed by atoms with Crippen molar-refractivity contribution in [1.82, 2.24) is 15.0 Å². The first-order valence-corrected chi connectivity index (χ1v) is 19.0. The summed E-state index contributed by atoms with van der Waals surface area (Å²) < 4.78 is 0. The van der Waals surface area contributed by atoms with Gasteiger partial charge in [0.1, 0.15) is 0 Å². The molecule has 4 heteroatoms. The van der Waals surface area contributed by atoms with Crippen LogP contribution in [-0.4, -0.2) is 15.0 Å². The highest BCUT2D eigenvalue weighted by Crippen LogP contribution is 2.64. The van der Waals surface area contributed by atoms with Crippen molar-refractivity contribution in [3.05, 3.63) is 229 Å². The van der Waals surface area contributed by atoms with Crippen LogP contribution in [0, 0.1) is 0 Å². The van der Waals surface area contributed by atoms with Crippen LogP contribution in [0.1, 0.15) is 22.3 Å². The van der Waals surface area contributed by atoms with Gasteiger partial charge in [-0.1, -0.05) is 176 Å². The van der Waals surface area contributed by atoms with Crippen LogP contribution >= 0.6 is 0 Å². The minimum atomic E-state index is -0.578. The van der Waals surface area contributed by atoms with E-state index in [0.717, 1.165) is 27.9 Å². The zero-order chi connectivity index (χ0) is 37.1. The maximum atomic E-state index is 5.09. The minimum absolute atomic E-state index is 0.578. The van der Waals surface area contributed by atoms with Gasteiger partial charge in [0.05, 0.1) is 16.8 Å². The van der Waals surface area contributed by atoms with Gasteiger partial charge in [0.2, 0.25) is 0 Å². The van der Waals surface area contributed by atoms with E-state index in [0.29, 0.717) is 17.5 Å². The Morgan fingerprint density at radius 3 is 1.38 bits per heavy atom. The summed E-state index contributed by atoms with van der Waals surface area (Å²) in [6.07, 6.45) is 0. The molecular weight excluding hydrogens is 681 g/mol. The molecular formula is C52H34N4. The summed E-state index contributed by atoms with van der Waals surface area (Å²) in [5, 5.41) is 0. The number of benzene rings is 8. The molecule has 0 bridgehead atoms. The lowest BCUT2D eigenvalue weighted by Crippen LogP contribution is -2.36. The van der Waals surface area contributed by atoms with Gasteiger partial charge in [-0.2, -0.15) is 0 Å². The fourth-order valence-corrected chi connectivity index (χ4v) is 9.03. The summed E-state index contributed by atoms with van der Waals surface area (Å²) in [6.45, 7) is 0. The summed E-state index contributed by atoms with van der Waals surface area (Å²) >= 11 is 0. The van der Waals surface area contributed by atoms with Gasteiger partial charge in [-0.25, -0.2) is 15.0 Å². The van der Waals surface area contributed by atoms with E-state index in [4.69, 9.17) is 15.0 Å². The molecule has 262 valence electrons. The molecule has 4 nitrogen and oxygen atoms in total. The maximum absolute atomic E-state index is 5.09. The molecule has 0 unspecified atom stereocenters. The molecule has 2 aliphatic rings. The molecule has 0 radical (unpaired) electrons. The lowest BCUT2D eigenvalue weighted by atomic mass is 9.63. The van der Waals surface area contributed by atoms with Crippen molar-refractivity contribution in [1.29, 1.82) is 0 Å². The molecule has 1 aliphatic carbocycles. The Hall–Kier alpha value is -7.43. The minimum Gasteiger partial charge on any atom is -0.310 e. The molecule has 0 N–H and O–H groups in total. The van der Waals surface area contributed by atoms with Crippen molar-refractivity contribution >= 4 is 17.1 Å². The first kappa shape index (κ1) is 32.0. The number of hydrogen-bond acceptors (Lipinski definition) is 4. The molecule has 0 saturated heterocycles. The number of fused-ring (bicyclic) bond motifs is 9. The van der Waals surface area contributed by atoms with Gasteiger partial charge in [0.25, 0.3) is 0 Å². The standard InChI is InChI=1S/C52H34N4/c1-4-18-35(19-5-1)49-53-50(36-20-6-2-7-21-36)55-51(54-49)38-23-16-22-37(34-38)40-27-17-28-42-41-26-10-11-29-43(41)52(48(40)42)44-30-12-14-32-46(44)56(39-24-8-3-9-25-39)47-33-15-13-31-45(47)52/h1-34H. The third-order valence-electron chi connectivity index (χ3n) is 11.3. The molecule has 0 atom stereocenters. The molecule has 0 saturated carbocycles. The van der Waals surface area contributed by atoms with E-state index in [1.54, 1.807) is 0 Å². The van der Waals surface area contributed by atoms with Crippen LogP contribution in [0.2, 0.25) is 0 Å². The van der Waals surface area contributed by atoms with E-state index in [9.17, 15) is 0 Å². The number of rotatable bonds is 5. The Morgan fingerprint density at radius 2 is 0.750 bits per heavy atom. The van der Waals surface area contributed by atoms with Crippen molar-refractivity contribution in [2.45, 2.75) is 5.41 Å². The van der Waals surface area contributed by atoms with Crippen molar-refractivity contribution in [2.24, 2.45) is 0 Å². The van der Waals surface area contributed by atoms with Crippen molar-refractivity contribution in [2.75, 3.05) is 4.90 Å². The van der Waals surface area contributed by atoms with E-state index in [1.807, 2.05) is 60.7 Å². The van der Waals surface area contributed by atoms with Crippen LogP contribution in [0.3, 0.4) is 0 Å². The van der Waals surface area contributed by atoms with Gasteiger partial charge in [-0.05, 0) is 74.8 Å². The molecule has 1 spiro atoms. The van der Waals surface area contributed by atoms with E-state index in [2.05, 4.69) is 150 Å². The van der Waals surface area contributed by atoms with Crippen LogP contribution < -0.4 is 4.90 Å². The van der Waals surface area contributed by atoms with Gasteiger partial charge >= 0.3 is 0 Å². The van der Waals surface area contributed by atoms with Gasteiger partial charge in [-0.15, -0.1) is 0 Å². The Morgan fingerprint density at radius 1 is 0.321 bits per heavy atom. The first-order chi connectivity index (χ1) is 27.8. The quantitative estimate of drug-likeness (QED) is 0.178. The Bertz CT molecular complexity index is 2820. The third-order valence-corrected chi connectivity index (χ3v) is 11.3. The van der Waals surface area contributed by atoms with E-state index in [-0.39, 0.29) is 0 Å². The fraction of sp³-hybridized carbons (Fsp3) is 0.0192. The van der Waals surface area contributed by atoms with E-state index in [1.165, 1.54) is 50.3 Å². The summed E-state index contributed by atoms with van der Waals surface area (Å²) in [4.78, 5) is 17.6. The number of nitrogens with zero attached hydrogens (tertiary/aromatic N) is 4. The molecule has 9 aromatic rings. The summed E-state index contributed by atoms with van der Waals surface area (Å²) in [6, 6.07) is 73.5. The normalized spacial score (nSPS) is 13.1. The number of hydrogen-bond donors (Lipinski definition) is 0. The Labute approximate surface area is 326 Å². The highest BCUT2D eigenvalue weighted by atomic mass is 15.2. The molecule has 1 aliphatic heterocycles. The summed E-state index contributed by atoms with van der Waals surface area (Å²) in [5.41, 5.74) is 15.6. The van der Waals surface area contributed by atoms with Crippen molar-refractivity contribution in [3.63, 3.8) is 0 Å². The van der Waals surface area contributed by atoms with Crippen LogP contribution in [-0.2, 0) is 5.41 Å². The molecule has 8 aromatic carbocycles. The van der Waals surface area contributed by atoms with Crippen LogP contribution in [0.15, 0.2) is 206 Å². The van der Waals surface area contributed by atoms with Crippen molar-refractivity contribution in [3.8, 4) is 56.4 Å². The average molecular weight is 715 g/mol. The second kappa shape index (κ2) is 12.9. The number of anilines is 3. The van der Waals surface area contributed by atoms with Gasteiger partial charge in [0.15, 0.2) is 17.5 Å². The first-order valence-electron chi connectivity index (χ1n) is 19.0. The SMILES string of the molecule is c1ccc(-c2nc(-c3ccccc3)nc(-c3cccc(-c4cccc5c4C4(c6ccccc6-5)c5ccccc5N(c5ccccc5)c5ccccc54)c3)n2)cc1. The van der Waals surface area contributed by atoms with Crippen molar-refractivity contribution < 1.29 is 0 Å². The molecule has 11 rings (SSSR count). The zero-order valence-electron chi connectivity index (χ0n) is 30.4. The summed E-state index contributed by atoms with van der Waals surface area (Å²) in [7, 11) is 0. The largest absolute Gasteiger partial charge is 0.310 e. The van der Waals surface area contributed by atoms with E-state index < -0.39 is 5.41 Å². The molecule has 1 aromatic heterocycles. The topological polar surface area (TPSA) is 41.9 Å². The van der Waals surface area contributed by atoms with Crippen LogP contribution in [0.4, 0.5) is 17.1 Å². The van der Waals surface area contributed by atoms with Crippen LogP contribution in [0.25, 0.3) is 56.4 Å². The van der Waals surface area contributed by atoms with Gasteiger partial charge in [-0.3, -0.25) is 0 Å². The molecule has 0 amide bonds. The highest BCUT2D eigenvalue weighted by molar-refractivity contribution is 5.99. The number of para-hydroxylation sites is 3. The molecule has 2 heterocycles. The summed E-state index contributed by atoms with van der Waals surface area (Å²) in [5.74, 6) is 1.93. The highest BCUT2D eigenvalue weighted by Gasteiger charge is 2.52. The molecule has 56 heavy (non-hydrogen) atoms. The Balaban J connectivity index is 1.16. The predicted molar refractivity (Wildman–Crippen MR) is 227 cm³/mol. The third kappa shape index (κ3) is 4.83. The van der Waals surface area contributed by atoms with Gasteiger partial charge in [0, 0.05) is 22.4 Å². The van der Waals surface area contributed by atoms with Gasteiger partial charge < -0.3 is 4.90 Å². The number of aromatic nitrogens is 3. The Kier molecular flexibility index (Phi) is 7.36. The lowest BCUT2D eigenvalue weighted by Gasteiger charge is -2.45. The van der Waals surface area contributed by atoms with E-state index >= 15 is 0 Å². The smallest absolute Gasteiger partial charge is 0.164 e. The maximum Gasteiger partial charge on any atom is 0.164 e. The second-order valence-electron chi connectivity index (χ2n) is 14.3. The zero-order valence-corrected chi connectivity index (χ0v) is 30.4. The molecule has 0 fully saturated rings. The second-order valence-corrected chi connectivity index (χ2v) is 14.3. The monoisotopic (exact) mass is 714 g/mol. The predicted octanol–water partition coefficient (Wildman–Crippen LogP) is 12.7. The lowest BCUT2D eigenvalue weighted by molar-refractivity contribution is 0.754. The average Bonchev–Trinajstić information content (AvgIpc) is 3.58.